The van der Waals surface area contributed by atoms with Gasteiger partial charge in [0, 0.05) is 38.1 Å². The van der Waals surface area contributed by atoms with Gasteiger partial charge in [0.1, 0.15) is 4.90 Å². The number of hydrogen-bond acceptors (Lipinski definition) is 3. The molecule has 0 radical (unpaired) electrons. The monoisotopic (exact) mass is 313 g/mol. The van der Waals surface area contributed by atoms with Gasteiger partial charge in [-0.2, -0.15) is 4.31 Å². The number of sulfonamides is 1. The largest absolute Gasteiger partial charge is 0.352 e. The van der Waals surface area contributed by atoms with E-state index in [1.807, 2.05) is 18.5 Å². The Morgan fingerprint density at radius 2 is 2.10 bits per heavy atom. The van der Waals surface area contributed by atoms with Gasteiger partial charge in [0.05, 0.1) is 0 Å². The first-order chi connectivity index (χ1) is 10.0. The van der Waals surface area contributed by atoms with Gasteiger partial charge in [0.25, 0.3) is 0 Å². The summed E-state index contributed by atoms with van der Waals surface area (Å²) in [5.74, 6) is 0. The van der Waals surface area contributed by atoms with Gasteiger partial charge >= 0.3 is 0 Å². The smallest absolute Gasteiger partial charge is 0.244 e. The maximum absolute atomic E-state index is 12.9. The van der Waals surface area contributed by atoms with Crippen molar-refractivity contribution in [1.82, 2.24) is 14.2 Å². The molecular weight excluding hydrogens is 286 g/mol. The van der Waals surface area contributed by atoms with E-state index in [0.29, 0.717) is 18.0 Å². The number of hydrogen-bond donors (Lipinski definition) is 1. The summed E-state index contributed by atoms with van der Waals surface area (Å²) in [6, 6.07) is 2.03. The van der Waals surface area contributed by atoms with Crippen LogP contribution >= 0.6 is 0 Å². The second kappa shape index (κ2) is 6.94. The summed E-state index contributed by atoms with van der Waals surface area (Å²) < 4.78 is 29.3. The lowest BCUT2D eigenvalue weighted by Crippen LogP contribution is -2.33. The summed E-state index contributed by atoms with van der Waals surface area (Å²) in [7, 11) is -1.45. The van der Waals surface area contributed by atoms with Crippen LogP contribution in [0.5, 0.6) is 0 Å². The Morgan fingerprint density at radius 3 is 2.67 bits per heavy atom. The Kier molecular flexibility index (Phi) is 5.46. The van der Waals surface area contributed by atoms with Crippen LogP contribution in [0.15, 0.2) is 17.2 Å². The second-order valence-corrected chi connectivity index (χ2v) is 7.65. The number of aryl methyl sites for hydroxylation is 1. The Hall–Kier alpha value is -0.850. The average molecular weight is 313 g/mol. The molecule has 6 heteroatoms. The fourth-order valence-corrected chi connectivity index (χ4v) is 4.28. The third-order valence-corrected chi connectivity index (χ3v) is 5.85. The molecule has 1 heterocycles. The maximum atomic E-state index is 12.9. The summed E-state index contributed by atoms with van der Waals surface area (Å²) in [5.41, 5.74) is 1.00. The molecule has 0 unspecified atom stereocenters. The molecule has 0 bridgehead atoms. The molecule has 120 valence electrons. The minimum atomic E-state index is -3.35. The van der Waals surface area contributed by atoms with Gasteiger partial charge < -0.3 is 9.88 Å². The lowest BCUT2D eigenvalue weighted by molar-refractivity contribution is 0.395. The summed E-state index contributed by atoms with van der Waals surface area (Å²) in [6.45, 7) is 6.34. The van der Waals surface area contributed by atoms with E-state index in [-0.39, 0.29) is 6.04 Å². The van der Waals surface area contributed by atoms with Crippen LogP contribution in [0.4, 0.5) is 0 Å². The van der Waals surface area contributed by atoms with E-state index in [1.165, 1.54) is 0 Å². The summed E-state index contributed by atoms with van der Waals surface area (Å²) >= 11 is 0. The van der Waals surface area contributed by atoms with E-state index < -0.39 is 10.0 Å². The van der Waals surface area contributed by atoms with E-state index in [0.717, 1.165) is 37.9 Å². The summed E-state index contributed by atoms with van der Waals surface area (Å²) in [5, 5.41) is 3.24. The van der Waals surface area contributed by atoms with E-state index in [2.05, 4.69) is 12.2 Å². The van der Waals surface area contributed by atoms with Gasteiger partial charge in [-0.05, 0) is 31.9 Å². The molecule has 0 aromatic carbocycles. The molecule has 0 saturated heterocycles. The molecule has 21 heavy (non-hydrogen) atoms. The molecular formula is C15H27N3O2S. The van der Waals surface area contributed by atoms with Crippen molar-refractivity contribution in [3.05, 3.63) is 18.0 Å². The highest BCUT2D eigenvalue weighted by Gasteiger charge is 2.38. The molecule has 1 N–H and O–H groups in total. The van der Waals surface area contributed by atoms with E-state index >= 15 is 0 Å². The zero-order valence-corrected chi connectivity index (χ0v) is 14.1. The fraction of sp³-hybridized carbons (Fsp3) is 0.733. The summed E-state index contributed by atoms with van der Waals surface area (Å²) in [4.78, 5) is 0.431. The SMILES string of the molecule is CCCCN(C1CC1)S(=O)(=O)c1cc(CNCC)n(C)c1. The van der Waals surface area contributed by atoms with E-state index in [1.54, 1.807) is 16.6 Å². The van der Waals surface area contributed by atoms with Crippen molar-refractivity contribution in [2.45, 2.75) is 57.0 Å². The second-order valence-electron chi connectivity index (χ2n) is 5.76. The minimum Gasteiger partial charge on any atom is -0.352 e. The van der Waals surface area contributed by atoms with Gasteiger partial charge in [-0.15, -0.1) is 0 Å². The molecule has 0 atom stereocenters. The fourth-order valence-electron chi connectivity index (χ4n) is 2.46. The van der Waals surface area contributed by atoms with Gasteiger partial charge in [0.15, 0.2) is 0 Å². The molecule has 1 aliphatic rings. The van der Waals surface area contributed by atoms with Crippen molar-refractivity contribution >= 4 is 10.0 Å². The van der Waals surface area contributed by atoms with Crippen LogP contribution in [-0.4, -0.2) is 36.4 Å². The van der Waals surface area contributed by atoms with Crippen molar-refractivity contribution < 1.29 is 8.42 Å². The number of unbranched alkanes of at least 4 members (excludes halogenated alkanes) is 1. The molecule has 1 saturated carbocycles. The zero-order valence-electron chi connectivity index (χ0n) is 13.3. The highest BCUT2D eigenvalue weighted by Crippen LogP contribution is 2.32. The van der Waals surface area contributed by atoms with Gasteiger partial charge in [-0.3, -0.25) is 0 Å². The van der Waals surface area contributed by atoms with Crippen LogP contribution in [0.3, 0.4) is 0 Å². The first-order valence-corrected chi connectivity index (χ1v) is 9.32. The number of nitrogens with zero attached hydrogens (tertiary/aromatic N) is 2. The molecule has 0 aliphatic heterocycles. The van der Waals surface area contributed by atoms with Gasteiger partial charge in [-0.1, -0.05) is 20.3 Å². The van der Waals surface area contributed by atoms with Crippen LogP contribution in [0.25, 0.3) is 0 Å². The minimum absolute atomic E-state index is 0.221. The molecule has 1 aliphatic carbocycles. The standard InChI is InChI=1S/C15H27N3O2S/c1-4-6-9-18(13-7-8-13)21(19,20)15-10-14(11-16-5-2)17(3)12-15/h10,12-13,16H,4-9,11H2,1-3H3. The lowest BCUT2D eigenvalue weighted by atomic mass is 10.3. The van der Waals surface area contributed by atoms with Crippen molar-refractivity contribution in [2.75, 3.05) is 13.1 Å². The van der Waals surface area contributed by atoms with Crippen LogP contribution in [0.1, 0.15) is 45.2 Å². The first-order valence-electron chi connectivity index (χ1n) is 7.88. The van der Waals surface area contributed by atoms with Crippen LogP contribution in [-0.2, 0) is 23.6 Å². The highest BCUT2D eigenvalue weighted by molar-refractivity contribution is 7.89. The van der Waals surface area contributed by atoms with Crippen LogP contribution in [0.2, 0.25) is 0 Å². The number of rotatable bonds is 9. The average Bonchev–Trinajstić information content (AvgIpc) is 3.20. The maximum Gasteiger partial charge on any atom is 0.244 e. The lowest BCUT2D eigenvalue weighted by Gasteiger charge is -2.20. The molecule has 1 fully saturated rings. The number of nitrogens with one attached hydrogen (secondary N) is 1. The Morgan fingerprint density at radius 1 is 1.38 bits per heavy atom. The van der Waals surface area contributed by atoms with Crippen molar-refractivity contribution in [3.63, 3.8) is 0 Å². The topological polar surface area (TPSA) is 54.3 Å². The van der Waals surface area contributed by atoms with Crippen molar-refractivity contribution in [1.29, 1.82) is 0 Å². The normalized spacial score (nSPS) is 15.8. The van der Waals surface area contributed by atoms with E-state index in [4.69, 9.17) is 0 Å². The van der Waals surface area contributed by atoms with Crippen LogP contribution in [0, 0.1) is 0 Å². The Bertz CT molecular complexity index is 561. The molecule has 0 spiro atoms. The van der Waals surface area contributed by atoms with E-state index in [9.17, 15) is 8.42 Å². The molecule has 1 aromatic rings. The molecule has 1 aromatic heterocycles. The Labute approximate surface area is 128 Å². The zero-order chi connectivity index (χ0) is 15.5. The van der Waals surface area contributed by atoms with Gasteiger partial charge in [-0.25, -0.2) is 8.42 Å². The molecule has 2 rings (SSSR count). The first kappa shape index (κ1) is 16.5. The van der Waals surface area contributed by atoms with Crippen molar-refractivity contribution in [3.8, 4) is 0 Å². The van der Waals surface area contributed by atoms with Crippen molar-refractivity contribution in [2.24, 2.45) is 7.05 Å². The van der Waals surface area contributed by atoms with Crippen LogP contribution < -0.4 is 5.32 Å². The molecule has 0 amide bonds. The van der Waals surface area contributed by atoms with Gasteiger partial charge in [0.2, 0.25) is 10.0 Å². The third-order valence-electron chi connectivity index (χ3n) is 3.93. The summed E-state index contributed by atoms with van der Waals surface area (Å²) in [6.07, 6.45) is 5.68. The third kappa shape index (κ3) is 3.87. The predicted molar refractivity (Wildman–Crippen MR) is 84.6 cm³/mol. The highest BCUT2D eigenvalue weighted by atomic mass is 32.2. The molecule has 5 nitrogen and oxygen atoms in total. The quantitative estimate of drug-likeness (QED) is 0.759. The Balaban J connectivity index is 2.20. The predicted octanol–water partition coefficient (Wildman–Crippen LogP) is 2.09. The number of aromatic nitrogens is 1.